The number of aromatic nitrogens is 2. The molecule has 3 aromatic rings. The maximum Gasteiger partial charge on any atom is 0.323 e. The third kappa shape index (κ3) is 1.83. The Hall–Kier alpha value is -2.62. The van der Waals surface area contributed by atoms with Crippen LogP contribution in [0.1, 0.15) is 22.9 Å². The fourth-order valence-electron chi connectivity index (χ4n) is 3.15. The number of rotatable bonds is 3. The number of nitrogens with zero attached hydrogens (tertiary/aromatic N) is 2. The van der Waals surface area contributed by atoms with Crippen LogP contribution in [0.3, 0.4) is 0 Å². The average Bonchev–Trinajstić information content (AvgIpc) is 2.78. The number of carboxylic acids is 1. The summed E-state index contributed by atoms with van der Waals surface area (Å²) in [5, 5.41) is 9.19. The van der Waals surface area contributed by atoms with Gasteiger partial charge in [-0.3, -0.25) is 4.79 Å². The molecular weight excluding hydrogens is 264 g/mol. The Morgan fingerprint density at radius 3 is 2.76 bits per heavy atom. The zero-order chi connectivity index (χ0) is 14.4. The van der Waals surface area contributed by atoms with Crippen molar-refractivity contribution in [3.63, 3.8) is 0 Å². The van der Waals surface area contributed by atoms with E-state index in [1.54, 1.807) is 0 Å². The van der Waals surface area contributed by atoms with Crippen LogP contribution in [0.4, 0.5) is 0 Å². The van der Waals surface area contributed by atoms with Crippen LogP contribution in [0.2, 0.25) is 0 Å². The number of aliphatic carboxylic acids is 1. The van der Waals surface area contributed by atoms with Gasteiger partial charge in [0.25, 0.3) is 0 Å². The summed E-state index contributed by atoms with van der Waals surface area (Å²) in [7, 11) is 0. The van der Waals surface area contributed by atoms with E-state index in [9.17, 15) is 9.90 Å². The zero-order valence-electron chi connectivity index (χ0n) is 11.4. The summed E-state index contributed by atoms with van der Waals surface area (Å²) < 4.78 is 1.83. The molecule has 2 aromatic carbocycles. The van der Waals surface area contributed by atoms with Crippen molar-refractivity contribution in [2.45, 2.75) is 18.9 Å². The molecule has 4 heteroatoms. The summed E-state index contributed by atoms with van der Waals surface area (Å²) in [5.41, 5.74) is 4.34. The Balaban J connectivity index is 1.87. The van der Waals surface area contributed by atoms with Crippen molar-refractivity contribution < 1.29 is 9.90 Å². The highest BCUT2D eigenvalue weighted by Crippen LogP contribution is 2.40. The molecule has 1 atom stereocenters. The second-order valence-corrected chi connectivity index (χ2v) is 5.39. The standard InChI is InChI=1S/C17H14N2O2/c20-16(21)10-19-15-8-4-3-7-14(15)18-17(19)13-9-11-5-1-2-6-12(11)13/h1-8,13H,9-10H2,(H,20,21). The van der Waals surface area contributed by atoms with Gasteiger partial charge in [-0.25, -0.2) is 4.98 Å². The molecule has 4 rings (SSSR count). The van der Waals surface area contributed by atoms with Crippen LogP contribution in [-0.4, -0.2) is 20.6 Å². The molecule has 1 N–H and O–H groups in total. The molecule has 1 unspecified atom stereocenters. The number of hydrogen-bond donors (Lipinski definition) is 1. The Kier molecular flexibility index (Phi) is 2.57. The minimum absolute atomic E-state index is 0.0471. The zero-order valence-corrected chi connectivity index (χ0v) is 11.4. The van der Waals surface area contributed by atoms with E-state index in [1.807, 2.05) is 41.0 Å². The van der Waals surface area contributed by atoms with Crippen LogP contribution in [0, 0.1) is 0 Å². The first-order valence-electron chi connectivity index (χ1n) is 6.99. The van der Waals surface area contributed by atoms with Crippen LogP contribution in [-0.2, 0) is 17.8 Å². The molecule has 1 aromatic heterocycles. The quantitative estimate of drug-likeness (QED) is 0.801. The van der Waals surface area contributed by atoms with Crippen molar-refractivity contribution in [2.75, 3.05) is 0 Å². The summed E-state index contributed by atoms with van der Waals surface area (Å²) in [6.07, 6.45) is 0.930. The Labute approximate surface area is 121 Å². The molecular formula is C17H14N2O2. The highest BCUT2D eigenvalue weighted by Gasteiger charge is 2.31. The molecule has 1 aliphatic rings. The fraction of sp³-hybridized carbons (Fsp3) is 0.176. The van der Waals surface area contributed by atoms with Gasteiger partial charge in [0.05, 0.1) is 11.0 Å². The van der Waals surface area contributed by atoms with E-state index in [4.69, 9.17) is 0 Å². The molecule has 0 radical (unpaired) electrons. The number of para-hydroxylation sites is 2. The average molecular weight is 278 g/mol. The molecule has 0 fully saturated rings. The second kappa shape index (κ2) is 4.45. The first kappa shape index (κ1) is 12.1. The Bertz CT molecular complexity index is 851. The molecule has 0 spiro atoms. The first-order valence-corrected chi connectivity index (χ1v) is 6.99. The van der Waals surface area contributed by atoms with E-state index in [1.165, 1.54) is 11.1 Å². The normalized spacial score (nSPS) is 16.5. The lowest BCUT2D eigenvalue weighted by atomic mass is 9.77. The van der Waals surface area contributed by atoms with E-state index in [-0.39, 0.29) is 12.5 Å². The predicted octanol–water partition coefficient (Wildman–Crippen LogP) is 2.81. The van der Waals surface area contributed by atoms with Gasteiger partial charge >= 0.3 is 5.97 Å². The van der Waals surface area contributed by atoms with E-state index in [0.29, 0.717) is 0 Å². The van der Waals surface area contributed by atoms with Crippen LogP contribution in [0.5, 0.6) is 0 Å². The summed E-state index contributed by atoms with van der Waals surface area (Å²) >= 11 is 0. The molecule has 0 saturated carbocycles. The Morgan fingerprint density at radius 1 is 1.19 bits per heavy atom. The Morgan fingerprint density at radius 2 is 1.95 bits per heavy atom. The summed E-state index contributed by atoms with van der Waals surface area (Å²) in [5.74, 6) is 0.220. The molecule has 104 valence electrons. The second-order valence-electron chi connectivity index (χ2n) is 5.39. The third-order valence-electron chi connectivity index (χ3n) is 4.14. The summed E-state index contributed by atoms with van der Waals surface area (Å²) in [6.45, 7) is -0.0471. The highest BCUT2D eigenvalue weighted by molar-refractivity contribution is 5.79. The molecule has 0 bridgehead atoms. The summed E-state index contributed by atoms with van der Waals surface area (Å²) in [6, 6.07) is 16.0. The molecule has 0 aliphatic heterocycles. The van der Waals surface area contributed by atoms with Gasteiger partial charge in [0.1, 0.15) is 12.4 Å². The van der Waals surface area contributed by atoms with E-state index >= 15 is 0 Å². The lowest BCUT2D eigenvalue weighted by Gasteiger charge is -2.29. The maximum absolute atomic E-state index is 11.2. The largest absolute Gasteiger partial charge is 0.480 e. The van der Waals surface area contributed by atoms with Crippen molar-refractivity contribution in [1.29, 1.82) is 0 Å². The predicted molar refractivity (Wildman–Crippen MR) is 79.4 cm³/mol. The van der Waals surface area contributed by atoms with E-state index in [0.717, 1.165) is 23.3 Å². The topological polar surface area (TPSA) is 55.1 Å². The number of fused-ring (bicyclic) bond motifs is 2. The van der Waals surface area contributed by atoms with Crippen molar-refractivity contribution in [2.24, 2.45) is 0 Å². The van der Waals surface area contributed by atoms with Crippen molar-refractivity contribution in [3.05, 3.63) is 65.5 Å². The molecule has 0 amide bonds. The fourth-order valence-corrected chi connectivity index (χ4v) is 3.15. The van der Waals surface area contributed by atoms with Gasteiger partial charge in [-0.15, -0.1) is 0 Å². The van der Waals surface area contributed by atoms with Gasteiger partial charge in [0, 0.05) is 5.92 Å². The number of hydrogen-bond acceptors (Lipinski definition) is 2. The lowest BCUT2D eigenvalue weighted by molar-refractivity contribution is -0.137. The van der Waals surface area contributed by atoms with Crippen LogP contribution >= 0.6 is 0 Å². The van der Waals surface area contributed by atoms with Crippen LogP contribution < -0.4 is 0 Å². The highest BCUT2D eigenvalue weighted by atomic mass is 16.4. The monoisotopic (exact) mass is 278 g/mol. The number of imidazole rings is 1. The van der Waals surface area contributed by atoms with Gasteiger partial charge in [0.15, 0.2) is 0 Å². The molecule has 1 heterocycles. The number of carboxylic acid groups (broad SMARTS) is 1. The van der Waals surface area contributed by atoms with Gasteiger partial charge in [-0.05, 0) is 29.7 Å². The van der Waals surface area contributed by atoms with Crippen LogP contribution in [0.15, 0.2) is 48.5 Å². The van der Waals surface area contributed by atoms with Crippen molar-refractivity contribution in [1.82, 2.24) is 9.55 Å². The minimum Gasteiger partial charge on any atom is -0.480 e. The van der Waals surface area contributed by atoms with Gasteiger partial charge in [-0.2, -0.15) is 0 Å². The molecule has 21 heavy (non-hydrogen) atoms. The van der Waals surface area contributed by atoms with E-state index < -0.39 is 5.97 Å². The van der Waals surface area contributed by atoms with Crippen molar-refractivity contribution in [3.8, 4) is 0 Å². The molecule has 1 aliphatic carbocycles. The lowest BCUT2D eigenvalue weighted by Crippen LogP contribution is -2.23. The molecule has 0 saturated heterocycles. The van der Waals surface area contributed by atoms with Gasteiger partial charge < -0.3 is 9.67 Å². The SMILES string of the molecule is O=C(O)Cn1c(C2Cc3ccccc32)nc2ccccc21. The minimum atomic E-state index is -0.841. The van der Waals surface area contributed by atoms with Gasteiger partial charge in [0.2, 0.25) is 0 Å². The first-order chi connectivity index (χ1) is 10.2. The van der Waals surface area contributed by atoms with E-state index in [2.05, 4.69) is 17.1 Å². The van der Waals surface area contributed by atoms with Crippen molar-refractivity contribution >= 4 is 17.0 Å². The number of benzene rings is 2. The van der Waals surface area contributed by atoms with Gasteiger partial charge in [-0.1, -0.05) is 36.4 Å². The number of carbonyl (C=O) groups is 1. The third-order valence-corrected chi connectivity index (χ3v) is 4.14. The maximum atomic E-state index is 11.2. The smallest absolute Gasteiger partial charge is 0.323 e. The molecule has 4 nitrogen and oxygen atoms in total. The summed E-state index contributed by atoms with van der Waals surface area (Å²) in [4.78, 5) is 15.9. The van der Waals surface area contributed by atoms with Crippen LogP contribution in [0.25, 0.3) is 11.0 Å².